The molecule has 1 aliphatic heterocycles. The largest absolute Gasteiger partial charge is 0.396 e. The van der Waals surface area contributed by atoms with Gasteiger partial charge >= 0.3 is 0 Å². The lowest BCUT2D eigenvalue weighted by molar-refractivity contribution is 0.00396. The standard InChI is InChI=1S/C16H27N3O3/c1-12(2)19-13(3)15(11-17-19)16(21)18-7-5-14(6-8-18)22-10-4-9-20/h11-12,14,20H,4-10H2,1-3H3. The Labute approximate surface area is 132 Å². The fraction of sp³-hybridized carbons (Fsp3) is 0.750. The second-order valence-corrected chi connectivity index (χ2v) is 6.12. The summed E-state index contributed by atoms with van der Waals surface area (Å²) in [6.07, 6.45) is 4.27. The first kappa shape index (κ1) is 17.0. The molecule has 1 aromatic rings. The molecule has 2 rings (SSSR count). The van der Waals surface area contributed by atoms with E-state index in [4.69, 9.17) is 9.84 Å². The molecule has 1 aliphatic rings. The van der Waals surface area contributed by atoms with Crippen molar-refractivity contribution in [3.63, 3.8) is 0 Å². The molecule has 124 valence electrons. The molecule has 0 atom stereocenters. The highest BCUT2D eigenvalue weighted by atomic mass is 16.5. The average molecular weight is 309 g/mol. The van der Waals surface area contributed by atoms with E-state index < -0.39 is 0 Å². The second kappa shape index (κ2) is 7.74. The van der Waals surface area contributed by atoms with Crippen LogP contribution < -0.4 is 0 Å². The molecule has 0 unspecified atom stereocenters. The molecule has 6 nitrogen and oxygen atoms in total. The lowest BCUT2D eigenvalue weighted by atomic mass is 10.1. The average Bonchev–Trinajstić information content (AvgIpc) is 2.89. The Morgan fingerprint density at radius 3 is 2.68 bits per heavy atom. The van der Waals surface area contributed by atoms with E-state index in [2.05, 4.69) is 18.9 Å². The Hall–Kier alpha value is -1.40. The van der Waals surface area contributed by atoms with Crippen molar-refractivity contribution in [2.24, 2.45) is 0 Å². The van der Waals surface area contributed by atoms with Crippen molar-refractivity contribution in [2.75, 3.05) is 26.3 Å². The van der Waals surface area contributed by atoms with Crippen molar-refractivity contribution in [1.82, 2.24) is 14.7 Å². The number of aromatic nitrogens is 2. The Morgan fingerprint density at radius 1 is 1.45 bits per heavy atom. The number of aliphatic hydroxyl groups excluding tert-OH is 1. The minimum atomic E-state index is 0.0678. The van der Waals surface area contributed by atoms with Crippen LogP contribution in [0.5, 0.6) is 0 Å². The van der Waals surface area contributed by atoms with Crippen molar-refractivity contribution in [3.05, 3.63) is 17.5 Å². The van der Waals surface area contributed by atoms with Crippen LogP contribution in [0.15, 0.2) is 6.20 Å². The van der Waals surface area contributed by atoms with E-state index in [1.807, 2.05) is 16.5 Å². The summed E-state index contributed by atoms with van der Waals surface area (Å²) in [6.45, 7) is 8.26. The van der Waals surface area contributed by atoms with Crippen LogP contribution in [0, 0.1) is 6.92 Å². The molecule has 0 saturated carbocycles. The molecule has 0 spiro atoms. The summed E-state index contributed by atoms with van der Waals surface area (Å²) < 4.78 is 7.59. The van der Waals surface area contributed by atoms with Gasteiger partial charge < -0.3 is 14.7 Å². The monoisotopic (exact) mass is 309 g/mol. The molecule has 1 amide bonds. The minimum absolute atomic E-state index is 0.0678. The van der Waals surface area contributed by atoms with Crippen LogP contribution in [0.25, 0.3) is 0 Å². The van der Waals surface area contributed by atoms with E-state index in [1.54, 1.807) is 6.20 Å². The second-order valence-electron chi connectivity index (χ2n) is 6.12. The first-order valence-electron chi connectivity index (χ1n) is 8.10. The first-order chi connectivity index (χ1) is 10.5. The Bertz CT molecular complexity index is 491. The van der Waals surface area contributed by atoms with Crippen molar-refractivity contribution in [3.8, 4) is 0 Å². The van der Waals surface area contributed by atoms with E-state index in [-0.39, 0.29) is 24.7 Å². The van der Waals surface area contributed by atoms with Crippen LogP contribution in [-0.2, 0) is 4.74 Å². The van der Waals surface area contributed by atoms with Crippen LogP contribution in [-0.4, -0.2) is 58.1 Å². The van der Waals surface area contributed by atoms with Gasteiger partial charge in [-0.05, 0) is 40.0 Å². The lowest BCUT2D eigenvalue weighted by Gasteiger charge is -2.32. The third kappa shape index (κ3) is 3.87. The van der Waals surface area contributed by atoms with Crippen LogP contribution >= 0.6 is 0 Å². The van der Waals surface area contributed by atoms with E-state index in [0.29, 0.717) is 18.6 Å². The molecule has 0 bridgehead atoms. The van der Waals surface area contributed by atoms with Gasteiger partial charge in [0.05, 0.1) is 17.9 Å². The summed E-state index contributed by atoms with van der Waals surface area (Å²) in [4.78, 5) is 14.5. The highest BCUT2D eigenvalue weighted by Crippen LogP contribution is 2.19. The predicted molar refractivity (Wildman–Crippen MR) is 83.9 cm³/mol. The highest BCUT2D eigenvalue weighted by molar-refractivity contribution is 5.95. The molecule has 22 heavy (non-hydrogen) atoms. The Morgan fingerprint density at radius 2 is 2.14 bits per heavy atom. The van der Waals surface area contributed by atoms with Gasteiger partial charge in [0.1, 0.15) is 0 Å². The number of amides is 1. The topological polar surface area (TPSA) is 67.6 Å². The molecule has 6 heteroatoms. The molecular weight excluding hydrogens is 282 g/mol. The number of hydrogen-bond acceptors (Lipinski definition) is 4. The fourth-order valence-corrected chi connectivity index (χ4v) is 2.86. The van der Waals surface area contributed by atoms with Crippen LogP contribution in [0.1, 0.15) is 55.2 Å². The van der Waals surface area contributed by atoms with E-state index in [9.17, 15) is 4.79 Å². The summed E-state index contributed by atoms with van der Waals surface area (Å²) in [5.41, 5.74) is 1.63. The number of rotatable bonds is 6. The first-order valence-corrected chi connectivity index (χ1v) is 8.10. The molecule has 0 radical (unpaired) electrons. The number of carbonyl (C=O) groups is 1. The normalized spacial score (nSPS) is 16.5. The molecule has 0 aliphatic carbocycles. The van der Waals surface area contributed by atoms with Gasteiger partial charge in [0.15, 0.2) is 0 Å². The van der Waals surface area contributed by atoms with Crippen molar-refractivity contribution in [1.29, 1.82) is 0 Å². The van der Waals surface area contributed by atoms with Crippen molar-refractivity contribution < 1.29 is 14.6 Å². The number of hydrogen-bond donors (Lipinski definition) is 1. The maximum Gasteiger partial charge on any atom is 0.257 e. The van der Waals surface area contributed by atoms with Crippen LogP contribution in [0.2, 0.25) is 0 Å². The summed E-state index contributed by atoms with van der Waals surface area (Å²) in [5.74, 6) is 0.0678. The van der Waals surface area contributed by atoms with Gasteiger partial charge in [0, 0.05) is 38.0 Å². The zero-order valence-electron chi connectivity index (χ0n) is 13.8. The van der Waals surface area contributed by atoms with Gasteiger partial charge in [-0.3, -0.25) is 9.48 Å². The Balaban J connectivity index is 1.90. The third-order valence-corrected chi connectivity index (χ3v) is 4.15. The summed E-state index contributed by atoms with van der Waals surface area (Å²) >= 11 is 0. The predicted octanol–water partition coefficient (Wildman–Crippen LogP) is 1.78. The number of piperidine rings is 1. The number of likely N-dealkylation sites (tertiary alicyclic amines) is 1. The lowest BCUT2D eigenvalue weighted by Crippen LogP contribution is -2.41. The number of nitrogens with zero attached hydrogens (tertiary/aromatic N) is 3. The molecule has 2 heterocycles. The Kier molecular flexibility index (Phi) is 5.97. The van der Waals surface area contributed by atoms with E-state index >= 15 is 0 Å². The summed E-state index contributed by atoms with van der Waals surface area (Å²) in [5, 5.41) is 13.1. The SMILES string of the molecule is Cc1c(C(=O)N2CCC(OCCCO)CC2)cnn1C(C)C. The van der Waals surface area contributed by atoms with Crippen LogP contribution in [0.4, 0.5) is 0 Å². The van der Waals surface area contributed by atoms with Crippen molar-refractivity contribution >= 4 is 5.91 Å². The van der Waals surface area contributed by atoms with Gasteiger partial charge in [0.25, 0.3) is 5.91 Å². The maximum absolute atomic E-state index is 12.6. The smallest absolute Gasteiger partial charge is 0.257 e. The number of aliphatic hydroxyl groups is 1. The molecule has 1 saturated heterocycles. The minimum Gasteiger partial charge on any atom is -0.396 e. The number of ether oxygens (including phenoxy) is 1. The summed E-state index contributed by atoms with van der Waals surface area (Å²) in [7, 11) is 0. The highest BCUT2D eigenvalue weighted by Gasteiger charge is 2.26. The van der Waals surface area contributed by atoms with Gasteiger partial charge in [-0.1, -0.05) is 0 Å². The van der Waals surface area contributed by atoms with Crippen molar-refractivity contribution in [2.45, 2.75) is 52.2 Å². The summed E-state index contributed by atoms with van der Waals surface area (Å²) in [6, 6.07) is 0.257. The fourth-order valence-electron chi connectivity index (χ4n) is 2.86. The molecule has 1 N–H and O–H groups in total. The number of carbonyl (C=O) groups excluding carboxylic acids is 1. The van der Waals surface area contributed by atoms with Gasteiger partial charge in [-0.15, -0.1) is 0 Å². The quantitative estimate of drug-likeness (QED) is 0.813. The van der Waals surface area contributed by atoms with Gasteiger partial charge in [0.2, 0.25) is 0 Å². The van der Waals surface area contributed by atoms with E-state index in [1.165, 1.54) is 0 Å². The zero-order chi connectivity index (χ0) is 16.1. The molecular formula is C16H27N3O3. The third-order valence-electron chi connectivity index (χ3n) is 4.15. The molecule has 0 aromatic carbocycles. The molecule has 1 aromatic heterocycles. The maximum atomic E-state index is 12.6. The van der Waals surface area contributed by atoms with Gasteiger partial charge in [-0.2, -0.15) is 5.10 Å². The van der Waals surface area contributed by atoms with Gasteiger partial charge in [-0.25, -0.2) is 0 Å². The molecule has 1 fully saturated rings. The zero-order valence-corrected chi connectivity index (χ0v) is 13.8. The van der Waals surface area contributed by atoms with Crippen LogP contribution in [0.3, 0.4) is 0 Å². The van der Waals surface area contributed by atoms with E-state index in [0.717, 1.165) is 31.6 Å².